The van der Waals surface area contributed by atoms with Crippen LogP contribution in [0.2, 0.25) is 0 Å². The Morgan fingerprint density at radius 3 is 2.52 bits per heavy atom. The fraction of sp³-hybridized carbons (Fsp3) is 0.647. The Bertz CT molecular complexity index is 494. The van der Waals surface area contributed by atoms with Crippen LogP contribution in [-0.2, 0) is 4.74 Å². The molecule has 2 N–H and O–H groups in total. The van der Waals surface area contributed by atoms with Crippen molar-refractivity contribution in [2.24, 2.45) is 5.73 Å². The highest BCUT2D eigenvalue weighted by molar-refractivity contribution is 5.29. The molecule has 0 amide bonds. The van der Waals surface area contributed by atoms with Crippen molar-refractivity contribution in [2.75, 3.05) is 26.3 Å². The van der Waals surface area contributed by atoms with Gasteiger partial charge < -0.3 is 10.5 Å². The van der Waals surface area contributed by atoms with Gasteiger partial charge in [-0.05, 0) is 37.0 Å². The maximum Gasteiger partial charge on any atom is 0.126 e. The zero-order chi connectivity index (χ0) is 14.9. The average molecular weight is 292 g/mol. The first kappa shape index (κ1) is 14.9. The van der Waals surface area contributed by atoms with Crippen LogP contribution in [0.1, 0.15) is 42.9 Å². The molecule has 1 saturated carbocycles. The van der Waals surface area contributed by atoms with E-state index in [1.54, 1.807) is 13.0 Å². The maximum absolute atomic E-state index is 13.9. The molecule has 2 aliphatic rings. The summed E-state index contributed by atoms with van der Waals surface area (Å²) in [7, 11) is 0. The van der Waals surface area contributed by atoms with Gasteiger partial charge in [0.2, 0.25) is 0 Å². The van der Waals surface area contributed by atoms with Gasteiger partial charge in [-0.25, -0.2) is 4.39 Å². The lowest BCUT2D eigenvalue weighted by Crippen LogP contribution is -2.57. The van der Waals surface area contributed by atoms with Crippen LogP contribution in [0, 0.1) is 12.7 Å². The van der Waals surface area contributed by atoms with E-state index in [4.69, 9.17) is 10.5 Å². The lowest BCUT2D eigenvalue weighted by atomic mass is 9.82. The third kappa shape index (κ3) is 2.72. The summed E-state index contributed by atoms with van der Waals surface area (Å²) >= 11 is 0. The van der Waals surface area contributed by atoms with Gasteiger partial charge in [-0.15, -0.1) is 0 Å². The minimum absolute atomic E-state index is 0.0223. The minimum atomic E-state index is -0.155. The Labute approximate surface area is 126 Å². The summed E-state index contributed by atoms with van der Waals surface area (Å²) in [6.07, 6.45) is 4.62. The van der Waals surface area contributed by atoms with Crippen LogP contribution in [0.3, 0.4) is 0 Å². The summed E-state index contributed by atoms with van der Waals surface area (Å²) in [6.45, 7) is 5.20. The van der Waals surface area contributed by atoms with E-state index < -0.39 is 0 Å². The summed E-state index contributed by atoms with van der Waals surface area (Å²) in [5, 5.41) is 0. The molecular weight excluding hydrogens is 267 g/mol. The van der Waals surface area contributed by atoms with Crippen molar-refractivity contribution in [1.82, 2.24) is 4.90 Å². The molecule has 1 atom stereocenters. The first-order chi connectivity index (χ1) is 10.1. The molecule has 0 spiro atoms. The van der Waals surface area contributed by atoms with Gasteiger partial charge in [-0.1, -0.05) is 25.0 Å². The number of benzene rings is 1. The maximum atomic E-state index is 13.9. The van der Waals surface area contributed by atoms with Gasteiger partial charge in [0.05, 0.1) is 13.2 Å². The van der Waals surface area contributed by atoms with Crippen molar-refractivity contribution in [1.29, 1.82) is 0 Å². The van der Waals surface area contributed by atoms with Crippen LogP contribution in [0.5, 0.6) is 0 Å². The molecule has 21 heavy (non-hydrogen) atoms. The van der Waals surface area contributed by atoms with Gasteiger partial charge in [0.15, 0.2) is 0 Å². The highest BCUT2D eigenvalue weighted by Crippen LogP contribution is 2.43. The largest absolute Gasteiger partial charge is 0.379 e. The summed E-state index contributed by atoms with van der Waals surface area (Å²) in [5.74, 6) is -0.155. The van der Waals surface area contributed by atoms with Crippen molar-refractivity contribution in [3.05, 3.63) is 35.1 Å². The Balaban J connectivity index is 1.90. The molecule has 3 rings (SSSR count). The number of nitrogens with zero attached hydrogens (tertiary/aromatic N) is 1. The van der Waals surface area contributed by atoms with Crippen LogP contribution >= 0.6 is 0 Å². The monoisotopic (exact) mass is 292 g/mol. The number of nitrogens with two attached hydrogens (primary N) is 1. The molecule has 2 fully saturated rings. The number of halogens is 1. The number of ether oxygens (including phenoxy) is 1. The van der Waals surface area contributed by atoms with Crippen LogP contribution in [0.15, 0.2) is 18.2 Å². The van der Waals surface area contributed by atoms with E-state index in [0.717, 1.165) is 44.7 Å². The first-order valence-corrected chi connectivity index (χ1v) is 7.98. The van der Waals surface area contributed by atoms with Crippen molar-refractivity contribution >= 4 is 0 Å². The van der Waals surface area contributed by atoms with Gasteiger partial charge in [0.1, 0.15) is 5.82 Å². The predicted octanol–water partition coefficient (Wildman–Crippen LogP) is 2.78. The van der Waals surface area contributed by atoms with E-state index in [1.165, 1.54) is 12.8 Å². The molecule has 1 aromatic rings. The smallest absolute Gasteiger partial charge is 0.126 e. The molecule has 1 aromatic carbocycles. The van der Waals surface area contributed by atoms with Crippen molar-refractivity contribution < 1.29 is 9.13 Å². The van der Waals surface area contributed by atoms with E-state index in [9.17, 15) is 4.39 Å². The van der Waals surface area contributed by atoms with Crippen LogP contribution in [-0.4, -0.2) is 36.7 Å². The van der Waals surface area contributed by atoms with E-state index in [-0.39, 0.29) is 17.4 Å². The highest BCUT2D eigenvalue weighted by Gasteiger charge is 2.45. The zero-order valence-electron chi connectivity index (χ0n) is 12.8. The lowest BCUT2D eigenvalue weighted by Gasteiger charge is -2.47. The van der Waals surface area contributed by atoms with Gasteiger partial charge in [0.25, 0.3) is 0 Å². The highest BCUT2D eigenvalue weighted by atomic mass is 19.1. The van der Waals surface area contributed by atoms with Crippen molar-refractivity contribution in [3.8, 4) is 0 Å². The number of hydrogen-bond acceptors (Lipinski definition) is 3. The second kappa shape index (κ2) is 6.03. The molecule has 0 radical (unpaired) electrons. The van der Waals surface area contributed by atoms with Gasteiger partial charge >= 0.3 is 0 Å². The first-order valence-electron chi connectivity index (χ1n) is 7.98. The summed E-state index contributed by atoms with van der Waals surface area (Å²) < 4.78 is 19.4. The van der Waals surface area contributed by atoms with E-state index in [1.807, 2.05) is 12.1 Å². The fourth-order valence-corrected chi connectivity index (χ4v) is 3.93. The molecule has 1 unspecified atom stereocenters. The summed E-state index contributed by atoms with van der Waals surface area (Å²) in [5.41, 5.74) is 8.21. The summed E-state index contributed by atoms with van der Waals surface area (Å²) in [4.78, 5) is 2.49. The molecule has 0 bridgehead atoms. The van der Waals surface area contributed by atoms with E-state index in [2.05, 4.69) is 4.90 Å². The lowest BCUT2D eigenvalue weighted by molar-refractivity contribution is -0.0311. The number of hydrogen-bond donors (Lipinski definition) is 1. The second-order valence-corrected chi connectivity index (χ2v) is 6.40. The second-order valence-electron chi connectivity index (χ2n) is 6.40. The molecule has 116 valence electrons. The molecule has 1 aliphatic heterocycles. The third-order valence-corrected chi connectivity index (χ3v) is 5.24. The minimum Gasteiger partial charge on any atom is -0.379 e. The molecule has 1 saturated heterocycles. The molecule has 3 nitrogen and oxygen atoms in total. The Morgan fingerprint density at radius 2 is 1.90 bits per heavy atom. The average Bonchev–Trinajstić information content (AvgIpc) is 3.01. The van der Waals surface area contributed by atoms with Gasteiger partial charge in [-0.2, -0.15) is 0 Å². The zero-order valence-corrected chi connectivity index (χ0v) is 12.8. The molecule has 0 aromatic heterocycles. The molecule has 4 heteroatoms. The standard InChI is InChI=1S/C17H25FN2O/c1-13-4-5-14(12-15(13)18)16(19)17(6-2-3-7-17)20-8-10-21-11-9-20/h4-5,12,16H,2-3,6-11,19H2,1H3. The quantitative estimate of drug-likeness (QED) is 0.931. The SMILES string of the molecule is Cc1ccc(C(N)C2(N3CCOCC3)CCCC2)cc1F. The number of rotatable bonds is 3. The summed E-state index contributed by atoms with van der Waals surface area (Å²) in [6, 6.07) is 5.32. The predicted molar refractivity (Wildman–Crippen MR) is 81.7 cm³/mol. The fourth-order valence-electron chi connectivity index (χ4n) is 3.93. The van der Waals surface area contributed by atoms with Crippen LogP contribution < -0.4 is 5.73 Å². The normalized spacial score (nSPS) is 24.1. The van der Waals surface area contributed by atoms with E-state index >= 15 is 0 Å². The van der Waals surface area contributed by atoms with Crippen molar-refractivity contribution in [3.63, 3.8) is 0 Å². The Kier molecular flexibility index (Phi) is 4.29. The molecule has 1 heterocycles. The number of morpholine rings is 1. The number of aryl methyl sites for hydroxylation is 1. The van der Waals surface area contributed by atoms with Crippen molar-refractivity contribution in [2.45, 2.75) is 44.2 Å². The Hall–Kier alpha value is -0.970. The molecule has 1 aliphatic carbocycles. The van der Waals surface area contributed by atoms with Crippen LogP contribution in [0.25, 0.3) is 0 Å². The third-order valence-electron chi connectivity index (χ3n) is 5.24. The van der Waals surface area contributed by atoms with Crippen LogP contribution in [0.4, 0.5) is 4.39 Å². The van der Waals surface area contributed by atoms with E-state index in [0.29, 0.717) is 5.56 Å². The van der Waals surface area contributed by atoms with Gasteiger partial charge in [0, 0.05) is 24.7 Å². The molecular formula is C17H25FN2O. The van der Waals surface area contributed by atoms with Gasteiger partial charge in [-0.3, -0.25) is 4.90 Å². The Morgan fingerprint density at radius 1 is 1.24 bits per heavy atom. The topological polar surface area (TPSA) is 38.5 Å².